The van der Waals surface area contributed by atoms with E-state index in [1.54, 1.807) is 6.20 Å². The van der Waals surface area contributed by atoms with Gasteiger partial charge in [0.1, 0.15) is 11.5 Å². The molecule has 3 rings (SSSR count). The summed E-state index contributed by atoms with van der Waals surface area (Å²) in [6, 6.07) is 16.3. The molecule has 0 atom stereocenters. The molecule has 28 heavy (non-hydrogen) atoms. The van der Waals surface area contributed by atoms with Gasteiger partial charge in [0.2, 0.25) is 0 Å². The molecule has 0 unspecified atom stereocenters. The third kappa shape index (κ3) is 4.74. The number of carbonyl (C=O) groups excluding carboxylic acids is 1. The monoisotopic (exact) mass is 374 g/mol. The summed E-state index contributed by atoms with van der Waals surface area (Å²) in [5.41, 5.74) is 4.58. The Morgan fingerprint density at radius 2 is 1.75 bits per heavy atom. The number of hydrogen-bond donors (Lipinski definition) is 1. The number of nitrogens with zero attached hydrogens (tertiary/aromatic N) is 3. The fourth-order valence-electron chi connectivity index (χ4n) is 2.91. The Bertz CT molecular complexity index is 937. The minimum atomic E-state index is -0.263. The number of benzene rings is 2. The van der Waals surface area contributed by atoms with Crippen molar-refractivity contribution in [2.75, 3.05) is 10.2 Å². The molecular formula is C23H26N4O. The zero-order valence-electron chi connectivity index (χ0n) is 16.8. The Hall–Kier alpha value is -3.21. The van der Waals surface area contributed by atoms with Gasteiger partial charge in [-0.15, -0.1) is 0 Å². The van der Waals surface area contributed by atoms with Crippen LogP contribution < -0.4 is 10.2 Å². The van der Waals surface area contributed by atoms with Crippen molar-refractivity contribution in [3.05, 3.63) is 83.3 Å². The fraction of sp³-hybridized carbons (Fsp3) is 0.261. The Kier molecular flexibility index (Phi) is 6.04. The second-order valence-electron chi connectivity index (χ2n) is 7.22. The fourth-order valence-corrected chi connectivity index (χ4v) is 2.91. The van der Waals surface area contributed by atoms with Gasteiger partial charge < -0.3 is 10.2 Å². The number of nitrogens with one attached hydrogen (secondary N) is 1. The van der Waals surface area contributed by atoms with E-state index in [4.69, 9.17) is 0 Å². The molecule has 1 amide bonds. The van der Waals surface area contributed by atoms with Crippen LogP contribution in [0.5, 0.6) is 0 Å². The molecule has 1 N–H and O–H groups in total. The molecule has 0 bridgehead atoms. The lowest BCUT2D eigenvalue weighted by Gasteiger charge is -2.27. The molecule has 0 fully saturated rings. The van der Waals surface area contributed by atoms with Gasteiger partial charge >= 0.3 is 0 Å². The number of anilines is 2. The van der Waals surface area contributed by atoms with Gasteiger partial charge in [-0.2, -0.15) is 0 Å². The van der Waals surface area contributed by atoms with E-state index in [0.717, 1.165) is 23.6 Å². The summed E-state index contributed by atoms with van der Waals surface area (Å²) in [7, 11) is 0. The molecule has 0 aliphatic heterocycles. The van der Waals surface area contributed by atoms with E-state index in [9.17, 15) is 4.79 Å². The molecule has 0 saturated heterocycles. The molecule has 3 aromatic rings. The lowest BCUT2D eigenvalue weighted by Crippen LogP contribution is -2.31. The highest BCUT2D eigenvalue weighted by atomic mass is 16.1. The van der Waals surface area contributed by atoms with Crippen LogP contribution in [-0.2, 0) is 6.54 Å². The van der Waals surface area contributed by atoms with E-state index in [1.165, 1.54) is 17.3 Å². The van der Waals surface area contributed by atoms with Crippen molar-refractivity contribution in [3.63, 3.8) is 0 Å². The third-order valence-electron chi connectivity index (χ3n) is 4.75. The molecule has 0 radical (unpaired) electrons. The van der Waals surface area contributed by atoms with Crippen LogP contribution >= 0.6 is 0 Å². The van der Waals surface area contributed by atoms with Crippen molar-refractivity contribution in [3.8, 4) is 0 Å². The summed E-state index contributed by atoms with van der Waals surface area (Å²) in [6.07, 6.45) is 3.20. The highest BCUT2D eigenvalue weighted by Crippen LogP contribution is 2.18. The summed E-state index contributed by atoms with van der Waals surface area (Å²) in [5, 5.41) is 2.88. The Balaban J connectivity index is 1.73. The van der Waals surface area contributed by atoms with Crippen LogP contribution in [0.25, 0.3) is 0 Å². The SMILES string of the molecule is Cc1ccc(NC(=O)c2cnc(N(Cc3ccccc3)C(C)C)cn2)cc1C. The highest BCUT2D eigenvalue weighted by molar-refractivity contribution is 6.02. The zero-order valence-corrected chi connectivity index (χ0v) is 16.8. The number of aryl methyl sites for hydroxylation is 2. The first-order valence-corrected chi connectivity index (χ1v) is 9.45. The summed E-state index contributed by atoms with van der Waals surface area (Å²) >= 11 is 0. The van der Waals surface area contributed by atoms with Crippen LogP contribution in [0, 0.1) is 13.8 Å². The minimum absolute atomic E-state index is 0.254. The van der Waals surface area contributed by atoms with Crippen molar-refractivity contribution in [2.45, 2.75) is 40.3 Å². The topological polar surface area (TPSA) is 58.1 Å². The van der Waals surface area contributed by atoms with Crippen LogP contribution in [0.2, 0.25) is 0 Å². The summed E-state index contributed by atoms with van der Waals surface area (Å²) in [4.78, 5) is 23.5. The normalized spacial score (nSPS) is 10.8. The standard InChI is InChI=1S/C23H26N4O/c1-16(2)27(15-19-8-6-5-7-9-19)22-14-24-21(13-25-22)23(28)26-20-11-10-17(3)18(4)12-20/h5-14,16H,15H2,1-4H3,(H,26,28). The minimum Gasteiger partial charge on any atom is -0.349 e. The molecule has 1 aromatic heterocycles. The number of carbonyl (C=O) groups is 1. The maximum atomic E-state index is 12.5. The largest absolute Gasteiger partial charge is 0.349 e. The molecule has 0 saturated carbocycles. The van der Waals surface area contributed by atoms with Crippen LogP contribution in [0.15, 0.2) is 60.9 Å². The first-order chi connectivity index (χ1) is 13.4. The van der Waals surface area contributed by atoms with Crippen LogP contribution in [-0.4, -0.2) is 21.9 Å². The summed E-state index contributed by atoms with van der Waals surface area (Å²) in [5.74, 6) is 0.489. The summed E-state index contributed by atoms with van der Waals surface area (Å²) in [6.45, 7) is 9.03. The molecule has 0 aliphatic rings. The second-order valence-corrected chi connectivity index (χ2v) is 7.22. The van der Waals surface area contributed by atoms with E-state index in [0.29, 0.717) is 5.69 Å². The van der Waals surface area contributed by atoms with Gasteiger partial charge in [0.25, 0.3) is 5.91 Å². The first kappa shape index (κ1) is 19.5. The van der Waals surface area contributed by atoms with Gasteiger partial charge in [-0.25, -0.2) is 9.97 Å². The third-order valence-corrected chi connectivity index (χ3v) is 4.75. The van der Waals surface area contributed by atoms with Gasteiger partial charge in [0.05, 0.1) is 12.4 Å². The Labute approximate surface area is 166 Å². The van der Waals surface area contributed by atoms with Gasteiger partial charge in [0, 0.05) is 18.3 Å². The molecule has 0 aliphatic carbocycles. The van der Waals surface area contributed by atoms with Crippen molar-refractivity contribution in [1.29, 1.82) is 0 Å². The van der Waals surface area contributed by atoms with Crippen LogP contribution in [0.4, 0.5) is 11.5 Å². The maximum Gasteiger partial charge on any atom is 0.275 e. The van der Waals surface area contributed by atoms with Gasteiger partial charge in [-0.05, 0) is 56.5 Å². The van der Waals surface area contributed by atoms with Crippen LogP contribution in [0.3, 0.4) is 0 Å². The van der Waals surface area contributed by atoms with Crippen molar-refractivity contribution in [2.24, 2.45) is 0 Å². The first-order valence-electron chi connectivity index (χ1n) is 9.45. The maximum absolute atomic E-state index is 12.5. The average molecular weight is 374 g/mol. The van der Waals surface area contributed by atoms with Gasteiger partial charge in [-0.3, -0.25) is 4.79 Å². The Morgan fingerprint density at radius 1 is 1.00 bits per heavy atom. The molecule has 1 heterocycles. The van der Waals surface area contributed by atoms with E-state index in [1.807, 2.05) is 50.2 Å². The van der Waals surface area contributed by atoms with E-state index in [-0.39, 0.29) is 11.9 Å². The zero-order chi connectivity index (χ0) is 20.1. The lowest BCUT2D eigenvalue weighted by atomic mass is 10.1. The average Bonchev–Trinajstić information content (AvgIpc) is 2.69. The van der Waals surface area contributed by atoms with Gasteiger partial charge in [-0.1, -0.05) is 36.4 Å². The molecular weight excluding hydrogens is 348 g/mol. The number of rotatable bonds is 6. The molecule has 2 aromatic carbocycles. The van der Waals surface area contributed by atoms with Crippen LogP contribution in [0.1, 0.15) is 41.0 Å². The van der Waals surface area contributed by atoms with Crippen molar-refractivity contribution < 1.29 is 4.79 Å². The lowest BCUT2D eigenvalue weighted by molar-refractivity contribution is 0.102. The number of hydrogen-bond acceptors (Lipinski definition) is 4. The van der Waals surface area contributed by atoms with E-state index in [2.05, 4.69) is 46.2 Å². The van der Waals surface area contributed by atoms with Crippen molar-refractivity contribution >= 4 is 17.4 Å². The smallest absolute Gasteiger partial charge is 0.275 e. The second kappa shape index (κ2) is 8.65. The summed E-state index contributed by atoms with van der Waals surface area (Å²) < 4.78 is 0. The quantitative estimate of drug-likeness (QED) is 0.676. The van der Waals surface area contributed by atoms with E-state index >= 15 is 0 Å². The number of amides is 1. The molecule has 144 valence electrons. The molecule has 0 spiro atoms. The van der Waals surface area contributed by atoms with Crippen molar-refractivity contribution in [1.82, 2.24) is 9.97 Å². The van der Waals surface area contributed by atoms with Gasteiger partial charge in [0.15, 0.2) is 0 Å². The van der Waals surface area contributed by atoms with E-state index < -0.39 is 0 Å². The highest BCUT2D eigenvalue weighted by Gasteiger charge is 2.15. The predicted molar refractivity (Wildman–Crippen MR) is 114 cm³/mol. The molecule has 5 nitrogen and oxygen atoms in total. The predicted octanol–water partition coefficient (Wildman–Crippen LogP) is 4.76. The molecule has 5 heteroatoms. The Morgan fingerprint density at radius 3 is 2.36 bits per heavy atom. The number of aromatic nitrogens is 2.